The number of aromatic nitrogens is 3. The average Bonchev–Trinajstić information content (AvgIpc) is 2.93. The molecule has 0 aliphatic rings. The fraction of sp³-hybridized carbons (Fsp3) is 0.125. The zero-order chi connectivity index (χ0) is 14.7. The van der Waals surface area contributed by atoms with Gasteiger partial charge < -0.3 is 9.88 Å². The Labute approximate surface area is 128 Å². The number of aryl methyl sites for hydroxylation is 1. The van der Waals surface area contributed by atoms with Crippen LogP contribution in [-0.2, 0) is 13.6 Å². The van der Waals surface area contributed by atoms with Crippen molar-refractivity contribution in [2.75, 3.05) is 5.32 Å². The van der Waals surface area contributed by atoms with Gasteiger partial charge in [-0.25, -0.2) is 0 Å². The van der Waals surface area contributed by atoms with Gasteiger partial charge in [-0.15, -0.1) is 10.2 Å². The largest absolute Gasteiger partial charge is 0.380 e. The van der Waals surface area contributed by atoms with E-state index in [1.165, 1.54) is 5.56 Å². The normalized spacial score (nSPS) is 10.6. The molecule has 0 atom stereocenters. The summed E-state index contributed by atoms with van der Waals surface area (Å²) in [6, 6.07) is 15.9. The van der Waals surface area contributed by atoms with Gasteiger partial charge in [0, 0.05) is 29.9 Å². The van der Waals surface area contributed by atoms with Crippen LogP contribution in [0, 0.1) is 0 Å². The smallest absolute Gasteiger partial charge is 0.165 e. The molecule has 1 heterocycles. The van der Waals surface area contributed by atoms with Gasteiger partial charge in [-0.05, 0) is 29.8 Å². The number of nitrogens with zero attached hydrogens (tertiary/aromatic N) is 3. The van der Waals surface area contributed by atoms with Crippen molar-refractivity contribution < 1.29 is 0 Å². The fourth-order valence-corrected chi connectivity index (χ4v) is 2.28. The number of anilines is 1. The summed E-state index contributed by atoms with van der Waals surface area (Å²) in [5, 5.41) is 12.3. The Morgan fingerprint density at radius 2 is 1.86 bits per heavy atom. The molecular formula is C16H15ClN4. The number of rotatable bonds is 4. The summed E-state index contributed by atoms with van der Waals surface area (Å²) in [5.74, 6) is 0.842. The molecule has 0 saturated heterocycles. The van der Waals surface area contributed by atoms with Gasteiger partial charge in [0.15, 0.2) is 5.82 Å². The van der Waals surface area contributed by atoms with E-state index in [1.54, 1.807) is 6.33 Å². The monoisotopic (exact) mass is 298 g/mol. The first-order valence-electron chi connectivity index (χ1n) is 6.66. The Kier molecular flexibility index (Phi) is 3.88. The van der Waals surface area contributed by atoms with Gasteiger partial charge in [0.2, 0.25) is 0 Å². The number of hydrogen-bond donors (Lipinski definition) is 1. The van der Waals surface area contributed by atoms with Gasteiger partial charge in [0.25, 0.3) is 0 Å². The van der Waals surface area contributed by atoms with Crippen molar-refractivity contribution in [3.05, 3.63) is 65.4 Å². The van der Waals surface area contributed by atoms with E-state index >= 15 is 0 Å². The van der Waals surface area contributed by atoms with Crippen molar-refractivity contribution in [2.24, 2.45) is 7.05 Å². The molecule has 0 bridgehead atoms. The summed E-state index contributed by atoms with van der Waals surface area (Å²) in [5.41, 5.74) is 3.24. The summed E-state index contributed by atoms with van der Waals surface area (Å²) in [6.45, 7) is 0.728. The van der Waals surface area contributed by atoms with Crippen LogP contribution in [0.3, 0.4) is 0 Å². The molecule has 3 aromatic rings. The number of halogens is 1. The van der Waals surface area contributed by atoms with Crippen LogP contribution in [0.2, 0.25) is 5.02 Å². The Bertz CT molecular complexity index is 734. The molecule has 0 spiro atoms. The van der Waals surface area contributed by atoms with E-state index in [0.29, 0.717) is 0 Å². The quantitative estimate of drug-likeness (QED) is 0.798. The lowest BCUT2D eigenvalue weighted by molar-refractivity contribution is 0.919. The minimum atomic E-state index is 0.728. The lowest BCUT2D eigenvalue weighted by Gasteiger charge is -2.11. The number of para-hydroxylation sites is 1. The Balaban J connectivity index is 1.83. The topological polar surface area (TPSA) is 42.7 Å². The zero-order valence-electron chi connectivity index (χ0n) is 11.6. The molecule has 2 aromatic carbocycles. The van der Waals surface area contributed by atoms with Crippen molar-refractivity contribution in [3.8, 4) is 11.4 Å². The molecule has 4 nitrogen and oxygen atoms in total. The maximum atomic E-state index is 5.90. The van der Waals surface area contributed by atoms with Gasteiger partial charge in [-0.1, -0.05) is 35.9 Å². The Morgan fingerprint density at radius 3 is 2.57 bits per heavy atom. The van der Waals surface area contributed by atoms with Gasteiger partial charge in [0.1, 0.15) is 6.33 Å². The molecule has 0 unspecified atom stereocenters. The molecule has 1 aromatic heterocycles. The molecule has 0 fully saturated rings. The molecule has 21 heavy (non-hydrogen) atoms. The second-order valence-electron chi connectivity index (χ2n) is 4.79. The van der Waals surface area contributed by atoms with Crippen molar-refractivity contribution in [1.29, 1.82) is 0 Å². The molecule has 0 aliphatic carbocycles. The molecule has 0 amide bonds. The minimum absolute atomic E-state index is 0.728. The van der Waals surface area contributed by atoms with Crippen LogP contribution in [-0.4, -0.2) is 14.8 Å². The number of benzene rings is 2. The van der Waals surface area contributed by atoms with Gasteiger partial charge in [0.05, 0.1) is 0 Å². The average molecular weight is 299 g/mol. The third kappa shape index (κ3) is 3.06. The van der Waals surface area contributed by atoms with Gasteiger partial charge in [-0.2, -0.15) is 0 Å². The highest BCUT2D eigenvalue weighted by Gasteiger charge is 2.09. The first kappa shape index (κ1) is 13.6. The van der Waals surface area contributed by atoms with Crippen molar-refractivity contribution in [3.63, 3.8) is 0 Å². The highest BCUT2D eigenvalue weighted by atomic mass is 35.5. The summed E-state index contributed by atoms with van der Waals surface area (Å²) in [6.07, 6.45) is 1.70. The van der Waals surface area contributed by atoms with E-state index in [1.807, 2.05) is 60.1 Å². The summed E-state index contributed by atoms with van der Waals surface area (Å²) < 4.78 is 1.91. The van der Waals surface area contributed by atoms with Crippen LogP contribution in [0.25, 0.3) is 11.4 Å². The predicted octanol–water partition coefficient (Wildman–Crippen LogP) is 3.75. The van der Waals surface area contributed by atoms with Crippen molar-refractivity contribution >= 4 is 17.3 Å². The van der Waals surface area contributed by atoms with Crippen LogP contribution in [0.15, 0.2) is 54.9 Å². The van der Waals surface area contributed by atoms with E-state index in [0.717, 1.165) is 28.6 Å². The fourth-order valence-electron chi connectivity index (χ4n) is 2.16. The molecule has 0 saturated carbocycles. The van der Waals surface area contributed by atoms with E-state index in [9.17, 15) is 0 Å². The maximum absolute atomic E-state index is 5.90. The number of nitrogens with one attached hydrogen (secondary N) is 1. The Morgan fingerprint density at radius 1 is 1.10 bits per heavy atom. The molecule has 106 valence electrons. The molecule has 0 radical (unpaired) electrons. The van der Waals surface area contributed by atoms with Crippen LogP contribution < -0.4 is 5.32 Å². The summed E-state index contributed by atoms with van der Waals surface area (Å²) in [7, 11) is 1.94. The number of hydrogen-bond acceptors (Lipinski definition) is 3. The van der Waals surface area contributed by atoms with Crippen molar-refractivity contribution in [1.82, 2.24) is 14.8 Å². The molecule has 5 heteroatoms. The highest BCUT2D eigenvalue weighted by Crippen LogP contribution is 2.26. The lowest BCUT2D eigenvalue weighted by Crippen LogP contribution is -2.02. The standard InChI is InChI=1S/C16H15ClN4/c1-21-11-19-20-16(21)14-4-2-3-5-15(14)18-10-12-6-8-13(17)9-7-12/h2-9,11,18H,10H2,1H3. The first-order valence-corrected chi connectivity index (χ1v) is 7.03. The SMILES string of the molecule is Cn1cnnc1-c1ccccc1NCc1ccc(Cl)cc1. The first-order chi connectivity index (χ1) is 10.2. The summed E-state index contributed by atoms with van der Waals surface area (Å²) >= 11 is 5.90. The molecule has 3 rings (SSSR count). The molecule has 0 aliphatic heterocycles. The third-order valence-electron chi connectivity index (χ3n) is 3.28. The predicted molar refractivity (Wildman–Crippen MR) is 85.2 cm³/mol. The van der Waals surface area contributed by atoms with E-state index in [2.05, 4.69) is 15.5 Å². The van der Waals surface area contributed by atoms with Crippen LogP contribution in [0.1, 0.15) is 5.56 Å². The van der Waals surface area contributed by atoms with Crippen molar-refractivity contribution in [2.45, 2.75) is 6.54 Å². The Hall–Kier alpha value is -2.33. The molecule has 1 N–H and O–H groups in total. The third-order valence-corrected chi connectivity index (χ3v) is 3.53. The minimum Gasteiger partial charge on any atom is -0.380 e. The van der Waals surface area contributed by atoms with Crippen LogP contribution in [0.5, 0.6) is 0 Å². The second-order valence-corrected chi connectivity index (χ2v) is 5.23. The maximum Gasteiger partial charge on any atom is 0.165 e. The molecular weight excluding hydrogens is 284 g/mol. The van der Waals surface area contributed by atoms with Gasteiger partial charge >= 0.3 is 0 Å². The second kappa shape index (κ2) is 5.97. The van der Waals surface area contributed by atoms with E-state index < -0.39 is 0 Å². The summed E-state index contributed by atoms with van der Waals surface area (Å²) in [4.78, 5) is 0. The highest BCUT2D eigenvalue weighted by molar-refractivity contribution is 6.30. The van der Waals surface area contributed by atoms with Crippen LogP contribution in [0.4, 0.5) is 5.69 Å². The van der Waals surface area contributed by atoms with E-state index in [-0.39, 0.29) is 0 Å². The lowest BCUT2D eigenvalue weighted by atomic mass is 10.1. The van der Waals surface area contributed by atoms with Crippen LogP contribution >= 0.6 is 11.6 Å². The van der Waals surface area contributed by atoms with E-state index in [4.69, 9.17) is 11.6 Å². The zero-order valence-corrected chi connectivity index (χ0v) is 12.4. The van der Waals surface area contributed by atoms with Gasteiger partial charge in [-0.3, -0.25) is 0 Å².